The first kappa shape index (κ1) is 9.63. The van der Waals surface area contributed by atoms with E-state index in [1.165, 1.54) is 6.08 Å². The van der Waals surface area contributed by atoms with Gasteiger partial charge in [0, 0.05) is 16.8 Å². The zero-order valence-corrected chi connectivity index (χ0v) is 7.97. The maximum absolute atomic E-state index is 8.40. The molecule has 3 heteroatoms. The van der Waals surface area contributed by atoms with Crippen molar-refractivity contribution in [2.75, 3.05) is 0 Å². The highest BCUT2D eigenvalue weighted by Gasteiger charge is 1.98. The highest BCUT2D eigenvalue weighted by molar-refractivity contribution is 6.30. The van der Waals surface area contributed by atoms with Crippen LogP contribution in [0.5, 0.6) is 0 Å². The van der Waals surface area contributed by atoms with Gasteiger partial charge >= 0.3 is 0 Å². The summed E-state index contributed by atoms with van der Waals surface area (Å²) in [5.74, 6) is 0. The van der Waals surface area contributed by atoms with Gasteiger partial charge in [0.05, 0.1) is 6.07 Å². The molecule has 2 N–H and O–H groups in total. The van der Waals surface area contributed by atoms with Gasteiger partial charge in [-0.3, -0.25) is 0 Å². The molecule has 0 aliphatic rings. The van der Waals surface area contributed by atoms with Gasteiger partial charge in [0.2, 0.25) is 0 Å². The molecule has 13 heavy (non-hydrogen) atoms. The first-order chi connectivity index (χ1) is 6.13. The highest BCUT2D eigenvalue weighted by Crippen LogP contribution is 2.18. The van der Waals surface area contributed by atoms with Gasteiger partial charge in [-0.15, -0.1) is 0 Å². The van der Waals surface area contributed by atoms with Crippen molar-refractivity contribution in [3.05, 3.63) is 40.4 Å². The minimum absolute atomic E-state index is 0.438. The van der Waals surface area contributed by atoms with Crippen LogP contribution in [0.4, 0.5) is 0 Å². The third-order valence-corrected chi connectivity index (χ3v) is 1.81. The summed E-state index contributed by atoms with van der Waals surface area (Å²) in [6.45, 7) is 1.93. The molecule has 0 saturated heterocycles. The van der Waals surface area contributed by atoms with Gasteiger partial charge in [0.25, 0.3) is 0 Å². The number of nitrogens with two attached hydrogens (primary N) is 1. The van der Waals surface area contributed by atoms with Crippen molar-refractivity contribution in [1.29, 1.82) is 5.26 Å². The number of benzene rings is 1. The molecule has 0 atom stereocenters. The van der Waals surface area contributed by atoms with E-state index in [2.05, 4.69) is 0 Å². The molecule has 0 unspecified atom stereocenters. The van der Waals surface area contributed by atoms with E-state index in [4.69, 9.17) is 22.6 Å². The first-order valence-corrected chi connectivity index (χ1v) is 4.14. The van der Waals surface area contributed by atoms with Crippen LogP contribution in [0.3, 0.4) is 0 Å². The zero-order valence-electron chi connectivity index (χ0n) is 7.21. The van der Waals surface area contributed by atoms with Gasteiger partial charge in [-0.05, 0) is 36.2 Å². The average molecular weight is 193 g/mol. The Morgan fingerprint density at radius 1 is 1.54 bits per heavy atom. The van der Waals surface area contributed by atoms with Crippen molar-refractivity contribution < 1.29 is 0 Å². The average Bonchev–Trinajstić information content (AvgIpc) is 2.03. The predicted octanol–water partition coefficient (Wildman–Crippen LogP) is 2.47. The molecule has 0 amide bonds. The number of halogens is 1. The zero-order chi connectivity index (χ0) is 9.84. The summed E-state index contributed by atoms with van der Waals surface area (Å²) >= 11 is 5.83. The maximum atomic E-state index is 8.40. The second-order valence-corrected chi connectivity index (χ2v) is 3.18. The fraction of sp³-hybridized carbons (Fsp3) is 0.100. The number of rotatable bonds is 1. The molecule has 0 aliphatic carbocycles. The van der Waals surface area contributed by atoms with Crippen LogP contribution >= 0.6 is 11.6 Å². The molecule has 0 aliphatic heterocycles. The Morgan fingerprint density at radius 2 is 2.23 bits per heavy atom. The smallest absolute Gasteiger partial charge is 0.0933 e. The first-order valence-electron chi connectivity index (χ1n) is 3.76. The number of hydrogen-bond acceptors (Lipinski definition) is 2. The van der Waals surface area contributed by atoms with Crippen molar-refractivity contribution >= 4 is 17.3 Å². The van der Waals surface area contributed by atoms with Crippen LogP contribution in [-0.2, 0) is 0 Å². The molecular formula is C10H9ClN2. The lowest BCUT2D eigenvalue weighted by Gasteiger charge is -2.02. The van der Waals surface area contributed by atoms with Gasteiger partial charge in [-0.2, -0.15) is 5.26 Å². The molecule has 0 saturated carbocycles. The van der Waals surface area contributed by atoms with Crippen LogP contribution in [0.1, 0.15) is 11.1 Å². The van der Waals surface area contributed by atoms with Crippen molar-refractivity contribution in [2.24, 2.45) is 5.73 Å². The number of aryl methyl sites for hydroxylation is 1. The van der Waals surface area contributed by atoms with E-state index in [-0.39, 0.29) is 0 Å². The maximum Gasteiger partial charge on any atom is 0.0933 e. The van der Waals surface area contributed by atoms with Crippen molar-refractivity contribution in [3.8, 4) is 6.07 Å². The monoisotopic (exact) mass is 192 g/mol. The van der Waals surface area contributed by atoms with E-state index < -0.39 is 0 Å². The lowest BCUT2D eigenvalue weighted by Crippen LogP contribution is -1.96. The number of allylic oxidation sites excluding steroid dienone is 1. The van der Waals surface area contributed by atoms with E-state index >= 15 is 0 Å². The van der Waals surface area contributed by atoms with E-state index in [1.54, 1.807) is 6.07 Å². The largest absolute Gasteiger partial charge is 0.398 e. The Morgan fingerprint density at radius 3 is 2.77 bits per heavy atom. The van der Waals surface area contributed by atoms with Crippen molar-refractivity contribution in [2.45, 2.75) is 6.92 Å². The van der Waals surface area contributed by atoms with Gasteiger partial charge in [0.1, 0.15) is 0 Å². The summed E-state index contributed by atoms with van der Waals surface area (Å²) < 4.78 is 0. The van der Waals surface area contributed by atoms with E-state index in [0.29, 0.717) is 10.7 Å². The van der Waals surface area contributed by atoms with E-state index in [1.807, 2.05) is 25.1 Å². The lowest BCUT2D eigenvalue weighted by atomic mass is 10.1. The summed E-state index contributed by atoms with van der Waals surface area (Å²) in [5, 5.41) is 9.03. The summed E-state index contributed by atoms with van der Waals surface area (Å²) in [5.41, 5.74) is 7.87. The van der Waals surface area contributed by atoms with Gasteiger partial charge in [0.15, 0.2) is 0 Å². The van der Waals surface area contributed by atoms with Crippen LogP contribution in [-0.4, -0.2) is 0 Å². The van der Waals surface area contributed by atoms with Crippen LogP contribution in [0.25, 0.3) is 5.70 Å². The molecular weight excluding hydrogens is 184 g/mol. The molecule has 66 valence electrons. The molecule has 0 radical (unpaired) electrons. The van der Waals surface area contributed by atoms with Crippen LogP contribution in [0.15, 0.2) is 24.3 Å². The quantitative estimate of drug-likeness (QED) is 0.695. The van der Waals surface area contributed by atoms with Crippen molar-refractivity contribution in [1.82, 2.24) is 0 Å². The molecule has 0 fully saturated rings. The summed E-state index contributed by atoms with van der Waals surface area (Å²) in [6.07, 6.45) is 1.30. The number of nitrogens with zero attached hydrogens (tertiary/aromatic N) is 1. The Kier molecular flexibility index (Phi) is 2.94. The van der Waals surface area contributed by atoms with Crippen LogP contribution in [0.2, 0.25) is 5.02 Å². The molecule has 0 heterocycles. The lowest BCUT2D eigenvalue weighted by molar-refractivity contribution is 1.42. The second-order valence-electron chi connectivity index (χ2n) is 2.75. The minimum atomic E-state index is 0.438. The summed E-state index contributed by atoms with van der Waals surface area (Å²) in [4.78, 5) is 0. The Bertz CT molecular complexity index is 368. The molecule has 0 spiro atoms. The van der Waals surface area contributed by atoms with E-state index in [0.717, 1.165) is 11.1 Å². The molecule has 0 bridgehead atoms. The van der Waals surface area contributed by atoms with E-state index in [9.17, 15) is 0 Å². The fourth-order valence-corrected chi connectivity index (χ4v) is 1.35. The van der Waals surface area contributed by atoms with Gasteiger partial charge in [-0.1, -0.05) is 11.6 Å². The van der Waals surface area contributed by atoms with Gasteiger partial charge in [-0.25, -0.2) is 0 Å². The number of nitriles is 1. The Hall–Kier alpha value is -1.46. The molecule has 1 aromatic rings. The number of hydrogen-bond donors (Lipinski definition) is 1. The van der Waals surface area contributed by atoms with Crippen molar-refractivity contribution in [3.63, 3.8) is 0 Å². The Labute approximate surface area is 82.2 Å². The summed E-state index contributed by atoms with van der Waals surface area (Å²) in [7, 11) is 0. The molecule has 0 aromatic heterocycles. The standard InChI is InChI=1S/C10H9ClN2/c1-7-4-8(6-9(11)5-7)10(13)2-3-12/h2,4-6H,13H2,1H3/b10-2-. The molecule has 1 rings (SSSR count). The molecule has 1 aromatic carbocycles. The fourth-order valence-electron chi connectivity index (χ4n) is 1.06. The minimum Gasteiger partial charge on any atom is -0.398 e. The van der Waals surface area contributed by atoms with Crippen LogP contribution in [0, 0.1) is 18.3 Å². The topological polar surface area (TPSA) is 49.8 Å². The van der Waals surface area contributed by atoms with Crippen LogP contribution < -0.4 is 5.73 Å². The second kappa shape index (κ2) is 3.97. The highest BCUT2D eigenvalue weighted by atomic mass is 35.5. The SMILES string of the molecule is Cc1cc(Cl)cc(/C(N)=C/C#N)c1. The summed E-state index contributed by atoms with van der Waals surface area (Å²) in [6, 6.07) is 7.33. The normalized spacial score (nSPS) is 11.0. The van der Waals surface area contributed by atoms with Gasteiger partial charge < -0.3 is 5.73 Å². The Balaban J connectivity index is 3.17. The third-order valence-electron chi connectivity index (χ3n) is 1.60. The third kappa shape index (κ3) is 2.50. The molecule has 2 nitrogen and oxygen atoms in total. The predicted molar refractivity (Wildman–Crippen MR) is 54.0 cm³/mol.